The SMILES string of the molecule is CCOc1ccc(-c2noc(Cn3ccnc3)n2)cc1. The largest absolute Gasteiger partial charge is 0.494 e. The lowest BCUT2D eigenvalue weighted by molar-refractivity contribution is 0.340. The summed E-state index contributed by atoms with van der Waals surface area (Å²) in [5, 5.41) is 3.98. The lowest BCUT2D eigenvalue weighted by Crippen LogP contribution is -1.96. The van der Waals surface area contributed by atoms with Crippen LogP contribution in [0.3, 0.4) is 0 Å². The van der Waals surface area contributed by atoms with Crippen molar-refractivity contribution >= 4 is 0 Å². The summed E-state index contributed by atoms with van der Waals surface area (Å²) < 4.78 is 12.5. The average molecular weight is 270 g/mol. The Morgan fingerprint density at radius 3 is 2.80 bits per heavy atom. The fraction of sp³-hybridized carbons (Fsp3) is 0.214. The van der Waals surface area contributed by atoms with Crippen molar-refractivity contribution in [3.05, 3.63) is 48.9 Å². The van der Waals surface area contributed by atoms with Gasteiger partial charge in [-0.05, 0) is 31.2 Å². The highest BCUT2D eigenvalue weighted by Gasteiger charge is 2.09. The third kappa shape index (κ3) is 2.69. The number of hydrogen-bond donors (Lipinski definition) is 0. The zero-order valence-electron chi connectivity index (χ0n) is 11.1. The van der Waals surface area contributed by atoms with E-state index in [0.29, 0.717) is 24.9 Å². The van der Waals surface area contributed by atoms with E-state index in [1.807, 2.05) is 42.0 Å². The van der Waals surface area contributed by atoms with Crippen LogP contribution in [0.5, 0.6) is 5.75 Å². The molecule has 0 saturated heterocycles. The summed E-state index contributed by atoms with van der Waals surface area (Å²) >= 11 is 0. The van der Waals surface area contributed by atoms with Crippen LogP contribution in [-0.4, -0.2) is 26.3 Å². The van der Waals surface area contributed by atoms with Crippen molar-refractivity contribution < 1.29 is 9.26 Å². The van der Waals surface area contributed by atoms with Crippen LogP contribution < -0.4 is 4.74 Å². The van der Waals surface area contributed by atoms with E-state index in [1.54, 1.807) is 12.5 Å². The topological polar surface area (TPSA) is 66.0 Å². The summed E-state index contributed by atoms with van der Waals surface area (Å²) in [6, 6.07) is 7.61. The molecule has 20 heavy (non-hydrogen) atoms. The van der Waals surface area contributed by atoms with E-state index in [9.17, 15) is 0 Å². The summed E-state index contributed by atoms with van der Waals surface area (Å²) in [7, 11) is 0. The van der Waals surface area contributed by atoms with Crippen LogP contribution in [0.2, 0.25) is 0 Å². The van der Waals surface area contributed by atoms with Crippen LogP contribution in [0.15, 0.2) is 47.5 Å². The van der Waals surface area contributed by atoms with Gasteiger partial charge in [0, 0.05) is 18.0 Å². The zero-order valence-corrected chi connectivity index (χ0v) is 11.1. The molecule has 0 atom stereocenters. The Morgan fingerprint density at radius 2 is 2.10 bits per heavy atom. The van der Waals surface area contributed by atoms with Gasteiger partial charge in [0.05, 0.1) is 12.9 Å². The average Bonchev–Trinajstić information content (AvgIpc) is 3.12. The minimum absolute atomic E-state index is 0.518. The zero-order chi connectivity index (χ0) is 13.8. The van der Waals surface area contributed by atoms with Crippen molar-refractivity contribution in [1.29, 1.82) is 0 Å². The van der Waals surface area contributed by atoms with Gasteiger partial charge in [-0.1, -0.05) is 5.16 Å². The van der Waals surface area contributed by atoms with E-state index in [-0.39, 0.29) is 0 Å². The van der Waals surface area contributed by atoms with E-state index in [1.165, 1.54) is 0 Å². The number of hydrogen-bond acceptors (Lipinski definition) is 5. The minimum atomic E-state index is 0.518. The maximum absolute atomic E-state index is 5.40. The van der Waals surface area contributed by atoms with E-state index in [4.69, 9.17) is 9.26 Å². The van der Waals surface area contributed by atoms with Crippen molar-refractivity contribution in [1.82, 2.24) is 19.7 Å². The lowest BCUT2D eigenvalue weighted by Gasteiger charge is -2.02. The Labute approximate surface area is 116 Å². The number of rotatable bonds is 5. The Morgan fingerprint density at radius 1 is 1.25 bits per heavy atom. The van der Waals surface area contributed by atoms with E-state index < -0.39 is 0 Å². The molecule has 0 bridgehead atoms. The second kappa shape index (κ2) is 5.56. The quantitative estimate of drug-likeness (QED) is 0.712. The van der Waals surface area contributed by atoms with Gasteiger partial charge in [-0.25, -0.2) is 4.98 Å². The summed E-state index contributed by atoms with van der Waals surface area (Å²) in [5.41, 5.74) is 0.897. The van der Waals surface area contributed by atoms with Gasteiger partial charge < -0.3 is 13.8 Å². The molecule has 0 amide bonds. The predicted molar refractivity (Wildman–Crippen MR) is 72.2 cm³/mol. The van der Waals surface area contributed by atoms with Gasteiger partial charge in [-0.2, -0.15) is 4.98 Å². The summed E-state index contributed by atoms with van der Waals surface area (Å²) in [5.74, 6) is 1.95. The van der Waals surface area contributed by atoms with Gasteiger partial charge in [0.1, 0.15) is 12.3 Å². The molecule has 0 N–H and O–H groups in total. The van der Waals surface area contributed by atoms with Crippen LogP contribution >= 0.6 is 0 Å². The van der Waals surface area contributed by atoms with Crippen LogP contribution in [0.1, 0.15) is 12.8 Å². The molecule has 3 rings (SSSR count). The molecule has 0 aliphatic heterocycles. The molecule has 2 heterocycles. The number of nitrogens with zero attached hydrogens (tertiary/aromatic N) is 4. The molecular formula is C14H14N4O2. The van der Waals surface area contributed by atoms with Gasteiger partial charge in [0.2, 0.25) is 11.7 Å². The summed E-state index contributed by atoms with van der Waals surface area (Å²) in [6.07, 6.45) is 5.27. The Kier molecular flexibility index (Phi) is 3.45. The molecular weight excluding hydrogens is 256 g/mol. The van der Waals surface area contributed by atoms with Crippen LogP contribution in [-0.2, 0) is 6.54 Å². The van der Waals surface area contributed by atoms with Gasteiger partial charge in [0.25, 0.3) is 0 Å². The van der Waals surface area contributed by atoms with Crippen molar-refractivity contribution in [3.63, 3.8) is 0 Å². The van der Waals surface area contributed by atoms with E-state index >= 15 is 0 Å². The van der Waals surface area contributed by atoms with Crippen molar-refractivity contribution in [2.24, 2.45) is 0 Å². The summed E-state index contributed by atoms with van der Waals surface area (Å²) in [4.78, 5) is 8.33. The first-order valence-corrected chi connectivity index (χ1v) is 6.36. The molecule has 0 saturated carbocycles. The number of imidazole rings is 1. The second-order valence-corrected chi connectivity index (χ2v) is 4.20. The van der Waals surface area contributed by atoms with E-state index in [2.05, 4.69) is 15.1 Å². The normalized spacial score (nSPS) is 10.7. The van der Waals surface area contributed by atoms with Crippen molar-refractivity contribution in [2.75, 3.05) is 6.61 Å². The molecule has 0 radical (unpaired) electrons. The lowest BCUT2D eigenvalue weighted by atomic mass is 10.2. The first-order valence-electron chi connectivity index (χ1n) is 6.36. The van der Waals surface area contributed by atoms with Gasteiger partial charge >= 0.3 is 0 Å². The molecule has 6 nitrogen and oxygen atoms in total. The Balaban J connectivity index is 1.75. The smallest absolute Gasteiger partial charge is 0.246 e. The van der Waals surface area contributed by atoms with Crippen molar-refractivity contribution in [3.8, 4) is 17.1 Å². The molecule has 0 unspecified atom stereocenters. The van der Waals surface area contributed by atoms with Gasteiger partial charge in [0.15, 0.2) is 0 Å². The molecule has 2 aromatic heterocycles. The van der Waals surface area contributed by atoms with E-state index in [0.717, 1.165) is 11.3 Å². The van der Waals surface area contributed by atoms with Crippen LogP contribution in [0.4, 0.5) is 0 Å². The van der Waals surface area contributed by atoms with Gasteiger partial charge in [-0.3, -0.25) is 0 Å². The number of aromatic nitrogens is 4. The molecule has 0 spiro atoms. The molecule has 102 valence electrons. The third-order valence-electron chi connectivity index (χ3n) is 2.77. The van der Waals surface area contributed by atoms with Gasteiger partial charge in [-0.15, -0.1) is 0 Å². The monoisotopic (exact) mass is 270 g/mol. The molecule has 3 aromatic rings. The minimum Gasteiger partial charge on any atom is -0.494 e. The molecule has 0 aliphatic rings. The highest BCUT2D eigenvalue weighted by molar-refractivity contribution is 5.55. The fourth-order valence-electron chi connectivity index (χ4n) is 1.84. The molecule has 6 heteroatoms. The fourth-order valence-corrected chi connectivity index (χ4v) is 1.84. The highest BCUT2D eigenvalue weighted by atomic mass is 16.5. The molecule has 0 fully saturated rings. The van der Waals surface area contributed by atoms with Crippen LogP contribution in [0.25, 0.3) is 11.4 Å². The third-order valence-corrected chi connectivity index (χ3v) is 2.77. The summed E-state index contributed by atoms with van der Waals surface area (Å²) in [6.45, 7) is 3.12. The Bertz CT molecular complexity index is 659. The van der Waals surface area contributed by atoms with Crippen LogP contribution in [0, 0.1) is 0 Å². The number of ether oxygens (including phenoxy) is 1. The predicted octanol–water partition coefficient (Wildman–Crippen LogP) is 2.38. The highest BCUT2D eigenvalue weighted by Crippen LogP contribution is 2.20. The molecule has 0 aliphatic carbocycles. The maximum Gasteiger partial charge on any atom is 0.246 e. The van der Waals surface area contributed by atoms with Crippen molar-refractivity contribution in [2.45, 2.75) is 13.5 Å². The maximum atomic E-state index is 5.40. The first kappa shape index (κ1) is 12.4. The standard InChI is InChI=1S/C14H14N4O2/c1-2-19-12-5-3-11(4-6-12)14-16-13(20-17-14)9-18-8-7-15-10-18/h3-8,10H,2,9H2,1H3. The first-order chi connectivity index (χ1) is 9.85. The number of benzene rings is 1. The Hall–Kier alpha value is -2.63. The second-order valence-electron chi connectivity index (χ2n) is 4.20. The molecule has 1 aromatic carbocycles.